The van der Waals surface area contributed by atoms with E-state index in [1.54, 1.807) is 61.7 Å². The number of halogens is 1. The molecule has 1 heterocycles. The molecule has 0 aliphatic rings. The normalized spacial score (nSPS) is 11.5. The molecule has 1 amide bonds. The number of sulfonamides is 1. The van der Waals surface area contributed by atoms with E-state index in [1.165, 1.54) is 25.5 Å². The van der Waals surface area contributed by atoms with Crippen LogP contribution in [0, 0.1) is 6.92 Å². The summed E-state index contributed by atoms with van der Waals surface area (Å²) in [7, 11) is -1.02. The first-order chi connectivity index (χ1) is 18.2. The third-order valence-corrected chi connectivity index (χ3v) is 7.75. The Hall–Kier alpha value is -4.15. The van der Waals surface area contributed by atoms with Gasteiger partial charge in [-0.3, -0.25) is 9.10 Å². The van der Waals surface area contributed by atoms with Crippen LogP contribution in [0.3, 0.4) is 0 Å². The van der Waals surface area contributed by atoms with Gasteiger partial charge in [-0.25, -0.2) is 18.8 Å². The van der Waals surface area contributed by atoms with E-state index in [1.807, 2.05) is 13.0 Å². The number of nitrogens with zero attached hydrogens (tertiary/aromatic N) is 3. The topological polar surface area (TPSA) is 110 Å². The molecule has 11 heteroatoms. The van der Waals surface area contributed by atoms with Crippen molar-refractivity contribution in [1.29, 1.82) is 0 Å². The zero-order valence-electron chi connectivity index (χ0n) is 20.9. The average Bonchev–Trinajstić information content (AvgIpc) is 2.92. The van der Waals surface area contributed by atoms with E-state index in [0.717, 1.165) is 15.3 Å². The summed E-state index contributed by atoms with van der Waals surface area (Å²) in [4.78, 5) is 17.2. The Morgan fingerprint density at radius 2 is 1.66 bits per heavy atom. The Balaban J connectivity index is 1.55. The maximum Gasteiger partial charge on any atom is 0.264 e. The monoisotopic (exact) mass is 552 g/mol. The van der Waals surface area contributed by atoms with Gasteiger partial charge < -0.3 is 9.47 Å². The average molecular weight is 553 g/mol. The number of carbonyl (C=O) groups excluding carboxylic acids is 1. The number of fused-ring (bicyclic) bond motifs is 1. The standard InChI is InChI=1S/C27H25ClN4O5S/c1-18-4-7-21(8-5-18)32(38(34,35)24-12-10-22(36-2)11-13-24)17-26(33)31-29-16-20-14-19-6-9-23(37-3)15-25(19)30-27(20)28/h4-16H,17H2,1-3H3,(H,31,33)/b29-16-. The lowest BCUT2D eigenvalue weighted by Crippen LogP contribution is -2.39. The molecular formula is C27H25ClN4O5S. The number of hydrogen-bond acceptors (Lipinski definition) is 7. The quantitative estimate of drug-likeness (QED) is 0.185. The second-order valence-electron chi connectivity index (χ2n) is 8.24. The Morgan fingerprint density at radius 3 is 2.32 bits per heavy atom. The van der Waals surface area contributed by atoms with Crippen LogP contribution < -0.4 is 19.2 Å². The lowest BCUT2D eigenvalue weighted by Gasteiger charge is -2.24. The van der Waals surface area contributed by atoms with Crippen molar-refractivity contribution >= 4 is 50.3 Å². The van der Waals surface area contributed by atoms with Crippen molar-refractivity contribution < 1.29 is 22.7 Å². The van der Waals surface area contributed by atoms with Crippen molar-refractivity contribution in [2.45, 2.75) is 11.8 Å². The van der Waals surface area contributed by atoms with Gasteiger partial charge in [0.2, 0.25) is 0 Å². The molecule has 0 aliphatic carbocycles. The molecular weight excluding hydrogens is 528 g/mol. The Labute approximate surface area is 225 Å². The van der Waals surface area contributed by atoms with Gasteiger partial charge in [0.15, 0.2) is 0 Å². The Bertz CT molecular complexity index is 1590. The highest BCUT2D eigenvalue weighted by Gasteiger charge is 2.27. The second-order valence-corrected chi connectivity index (χ2v) is 10.5. The number of hydrogen-bond donors (Lipinski definition) is 1. The Kier molecular flexibility index (Phi) is 8.13. The predicted octanol–water partition coefficient (Wildman–Crippen LogP) is 4.56. The lowest BCUT2D eigenvalue weighted by atomic mass is 10.1. The highest BCUT2D eigenvalue weighted by Crippen LogP contribution is 2.26. The molecule has 0 saturated carbocycles. The maximum atomic E-state index is 13.5. The minimum atomic E-state index is -4.08. The molecule has 0 saturated heterocycles. The van der Waals surface area contributed by atoms with E-state index in [4.69, 9.17) is 21.1 Å². The van der Waals surface area contributed by atoms with Gasteiger partial charge in [-0.15, -0.1) is 0 Å². The number of hydrazone groups is 1. The molecule has 0 aliphatic heterocycles. The van der Waals surface area contributed by atoms with Crippen LogP contribution in [0.2, 0.25) is 5.15 Å². The molecule has 4 rings (SSSR count). The van der Waals surface area contributed by atoms with Crippen molar-refractivity contribution in [3.63, 3.8) is 0 Å². The number of benzene rings is 3. The SMILES string of the molecule is COc1ccc(S(=O)(=O)N(CC(=O)N/N=C\c2cc3ccc(OC)cc3nc2Cl)c2ccc(C)cc2)cc1. The first kappa shape index (κ1) is 26.9. The molecule has 0 spiro atoms. The molecule has 3 aromatic carbocycles. The van der Waals surface area contributed by atoms with Crippen LogP contribution in [0.5, 0.6) is 11.5 Å². The summed E-state index contributed by atoms with van der Waals surface area (Å²) in [6, 6.07) is 19.9. The van der Waals surface area contributed by atoms with Crippen LogP contribution in [0.15, 0.2) is 82.8 Å². The number of anilines is 1. The molecule has 1 aromatic heterocycles. The summed E-state index contributed by atoms with van der Waals surface area (Å²) in [5, 5.41) is 4.96. The van der Waals surface area contributed by atoms with E-state index in [0.29, 0.717) is 28.3 Å². The molecule has 0 fully saturated rings. The van der Waals surface area contributed by atoms with Crippen LogP contribution in [0.4, 0.5) is 5.69 Å². The summed E-state index contributed by atoms with van der Waals surface area (Å²) in [6.45, 7) is 1.38. The number of ether oxygens (including phenoxy) is 2. The van der Waals surface area contributed by atoms with Crippen LogP contribution in [-0.4, -0.2) is 46.3 Å². The van der Waals surface area contributed by atoms with Gasteiger partial charge in [-0.2, -0.15) is 5.10 Å². The number of amides is 1. The van der Waals surface area contributed by atoms with E-state index in [-0.39, 0.29) is 10.0 Å². The number of carbonyl (C=O) groups is 1. The number of pyridine rings is 1. The summed E-state index contributed by atoms with van der Waals surface area (Å²) >= 11 is 6.29. The predicted molar refractivity (Wildman–Crippen MR) is 148 cm³/mol. The summed E-state index contributed by atoms with van der Waals surface area (Å²) < 4.78 is 38.3. The fourth-order valence-corrected chi connectivity index (χ4v) is 5.21. The summed E-state index contributed by atoms with van der Waals surface area (Å²) in [6.07, 6.45) is 1.35. The molecule has 4 aromatic rings. The van der Waals surface area contributed by atoms with Crippen molar-refractivity contribution in [2.75, 3.05) is 25.1 Å². The molecule has 9 nitrogen and oxygen atoms in total. The van der Waals surface area contributed by atoms with Gasteiger partial charge in [0.25, 0.3) is 15.9 Å². The van der Waals surface area contributed by atoms with Crippen LogP contribution >= 0.6 is 11.6 Å². The van der Waals surface area contributed by atoms with Crippen LogP contribution in [0.25, 0.3) is 10.9 Å². The van der Waals surface area contributed by atoms with E-state index in [2.05, 4.69) is 15.5 Å². The fourth-order valence-electron chi connectivity index (χ4n) is 3.60. The van der Waals surface area contributed by atoms with Crippen molar-refractivity contribution in [3.05, 3.63) is 89.1 Å². The van der Waals surface area contributed by atoms with Gasteiger partial charge in [0.05, 0.1) is 36.5 Å². The number of methoxy groups -OCH3 is 2. The van der Waals surface area contributed by atoms with Gasteiger partial charge in [0, 0.05) is 17.0 Å². The van der Waals surface area contributed by atoms with Crippen molar-refractivity contribution in [1.82, 2.24) is 10.4 Å². The summed E-state index contributed by atoms with van der Waals surface area (Å²) in [5.74, 6) is 0.518. The molecule has 0 radical (unpaired) electrons. The van der Waals surface area contributed by atoms with Gasteiger partial charge in [-0.05, 0) is 61.5 Å². The molecule has 196 valence electrons. The number of rotatable bonds is 9. The van der Waals surface area contributed by atoms with E-state index < -0.39 is 22.5 Å². The maximum absolute atomic E-state index is 13.5. The summed E-state index contributed by atoms with van der Waals surface area (Å²) in [5.41, 5.74) is 4.78. The van der Waals surface area contributed by atoms with Gasteiger partial charge >= 0.3 is 0 Å². The van der Waals surface area contributed by atoms with E-state index >= 15 is 0 Å². The zero-order valence-corrected chi connectivity index (χ0v) is 22.5. The van der Waals surface area contributed by atoms with Crippen LogP contribution in [0.1, 0.15) is 11.1 Å². The first-order valence-electron chi connectivity index (χ1n) is 11.4. The highest BCUT2D eigenvalue weighted by atomic mass is 35.5. The molecule has 1 N–H and O–H groups in total. The smallest absolute Gasteiger partial charge is 0.264 e. The minimum absolute atomic E-state index is 0.0147. The van der Waals surface area contributed by atoms with Crippen molar-refractivity contribution in [2.24, 2.45) is 5.10 Å². The Morgan fingerprint density at radius 1 is 1.00 bits per heavy atom. The third-order valence-electron chi connectivity index (χ3n) is 5.65. The first-order valence-corrected chi connectivity index (χ1v) is 13.2. The third kappa shape index (κ3) is 6.04. The molecule has 0 atom stereocenters. The second kappa shape index (κ2) is 11.5. The van der Waals surface area contributed by atoms with Gasteiger partial charge in [0.1, 0.15) is 23.2 Å². The van der Waals surface area contributed by atoms with Crippen molar-refractivity contribution in [3.8, 4) is 11.5 Å². The molecule has 0 unspecified atom stereocenters. The molecule has 0 bridgehead atoms. The number of nitrogens with one attached hydrogen (secondary N) is 1. The number of aryl methyl sites for hydroxylation is 1. The fraction of sp³-hybridized carbons (Fsp3) is 0.148. The minimum Gasteiger partial charge on any atom is -0.497 e. The lowest BCUT2D eigenvalue weighted by molar-refractivity contribution is -0.119. The molecule has 38 heavy (non-hydrogen) atoms. The zero-order chi connectivity index (χ0) is 27.3. The van der Waals surface area contributed by atoms with Crippen LogP contribution in [-0.2, 0) is 14.8 Å². The number of aromatic nitrogens is 1. The van der Waals surface area contributed by atoms with Gasteiger partial charge in [-0.1, -0.05) is 29.3 Å². The largest absolute Gasteiger partial charge is 0.497 e. The van der Waals surface area contributed by atoms with E-state index in [9.17, 15) is 13.2 Å². The highest BCUT2D eigenvalue weighted by molar-refractivity contribution is 7.92.